The Morgan fingerprint density at radius 2 is 2.14 bits per heavy atom. The van der Waals surface area contributed by atoms with Gasteiger partial charge in [-0.1, -0.05) is 6.07 Å². The van der Waals surface area contributed by atoms with Crippen molar-refractivity contribution in [1.82, 2.24) is 4.57 Å². The SMILES string of the molecule is Cn1c2c(c3cc(C(CN)C(=O)O)ccc31)C1CCN2CC1. The van der Waals surface area contributed by atoms with Crippen LogP contribution < -0.4 is 10.6 Å². The highest BCUT2D eigenvalue weighted by Crippen LogP contribution is 2.47. The summed E-state index contributed by atoms with van der Waals surface area (Å²) >= 11 is 0. The fourth-order valence-corrected chi connectivity index (χ4v) is 4.24. The molecule has 5 nitrogen and oxygen atoms in total. The molecule has 0 spiro atoms. The van der Waals surface area contributed by atoms with Crippen molar-refractivity contribution in [3.8, 4) is 0 Å². The summed E-state index contributed by atoms with van der Waals surface area (Å²) in [4.78, 5) is 13.9. The largest absolute Gasteiger partial charge is 0.481 e. The zero-order valence-corrected chi connectivity index (χ0v) is 12.7. The molecule has 0 aliphatic carbocycles. The maximum Gasteiger partial charge on any atom is 0.312 e. The minimum Gasteiger partial charge on any atom is -0.481 e. The van der Waals surface area contributed by atoms with Gasteiger partial charge >= 0.3 is 5.97 Å². The van der Waals surface area contributed by atoms with Crippen LogP contribution in [0.15, 0.2) is 18.2 Å². The molecule has 1 atom stereocenters. The molecule has 2 aromatic rings. The molecule has 4 heterocycles. The lowest BCUT2D eigenvalue weighted by molar-refractivity contribution is -0.138. The monoisotopic (exact) mass is 299 g/mol. The number of benzene rings is 1. The Hall–Kier alpha value is -2.01. The first kappa shape index (κ1) is 13.6. The number of carboxylic acid groups (broad SMARTS) is 1. The Kier molecular flexibility index (Phi) is 2.94. The summed E-state index contributed by atoms with van der Waals surface area (Å²) in [6, 6.07) is 6.02. The zero-order chi connectivity index (χ0) is 15.4. The molecule has 2 bridgehead atoms. The minimum absolute atomic E-state index is 0.130. The van der Waals surface area contributed by atoms with E-state index >= 15 is 0 Å². The quantitative estimate of drug-likeness (QED) is 0.909. The minimum atomic E-state index is -0.850. The fourth-order valence-electron chi connectivity index (χ4n) is 4.24. The predicted molar refractivity (Wildman–Crippen MR) is 86.5 cm³/mol. The lowest BCUT2D eigenvalue weighted by atomic mass is 9.83. The van der Waals surface area contributed by atoms with Gasteiger partial charge in [0.1, 0.15) is 5.82 Å². The van der Waals surface area contributed by atoms with Crippen molar-refractivity contribution in [2.75, 3.05) is 24.5 Å². The number of nitrogens with two attached hydrogens (primary N) is 1. The summed E-state index contributed by atoms with van der Waals surface area (Å²) in [5, 5.41) is 10.6. The number of piperidine rings is 1. The van der Waals surface area contributed by atoms with E-state index in [0.717, 1.165) is 18.7 Å². The number of aromatic nitrogens is 1. The summed E-state index contributed by atoms with van der Waals surface area (Å²) < 4.78 is 2.26. The molecule has 3 N–H and O–H groups in total. The molecule has 1 fully saturated rings. The van der Waals surface area contributed by atoms with E-state index in [1.54, 1.807) is 0 Å². The third-order valence-corrected chi connectivity index (χ3v) is 5.37. The fraction of sp³-hybridized carbons (Fsp3) is 0.471. The summed E-state index contributed by atoms with van der Waals surface area (Å²) in [5.74, 6) is 0.465. The van der Waals surface area contributed by atoms with Crippen molar-refractivity contribution in [3.05, 3.63) is 29.3 Å². The Morgan fingerprint density at radius 3 is 2.77 bits per heavy atom. The number of carboxylic acids is 1. The average molecular weight is 299 g/mol. The van der Waals surface area contributed by atoms with E-state index < -0.39 is 11.9 Å². The van der Waals surface area contributed by atoms with E-state index in [1.165, 1.54) is 35.1 Å². The van der Waals surface area contributed by atoms with Crippen molar-refractivity contribution in [1.29, 1.82) is 0 Å². The molecule has 1 unspecified atom stereocenters. The second kappa shape index (κ2) is 4.74. The maximum absolute atomic E-state index is 11.4. The third-order valence-electron chi connectivity index (χ3n) is 5.37. The van der Waals surface area contributed by atoms with Gasteiger partial charge in [0.25, 0.3) is 0 Å². The van der Waals surface area contributed by atoms with Crippen LogP contribution >= 0.6 is 0 Å². The molecule has 1 saturated heterocycles. The van der Waals surface area contributed by atoms with Crippen LogP contribution in [0.4, 0.5) is 5.82 Å². The van der Waals surface area contributed by atoms with Gasteiger partial charge in [-0.05, 0) is 36.5 Å². The number of rotatable bonds is 3. The summed E-state index contributed by atoms with van der Waals surface area (Å²) in [6.45, 7) is 2.40. The van der Waals surface area contributed by atoms with Crippen LogP contribution in [0, 0.1) is 0 Å². The highest BCUT2D eigenvalue weighted by atomic mass is 16.4. The molecule has 1 aromatic heterocycles. The summed E-state index contributed by atoms with van der Waals surface area (Å²) in [5.41, 5.74) is 9.07. The molecule has 5 heteroatoms. The molecule has 116 valence electrons. The average Bonchev–Trinajstić information content (AvgIpc) is 2.84. The van der Waals surface area contributed by atoms with E-state index in [1.807, 2.05) is 6.07 Å². The number of anilines is 1. The van der Waals surface area contributed by atoms with Crippen LogP contribution in [0.3, 0.4) is 0 Å². The number of carbonyl (C=O) groups is 1. The molecule has 0 amide bonds. The molecule has 22 heavy (non-hydrogen) atoms. The van der Waals surface area contributed by atoms with Gasteiger partial charge < -0.3 is 20.3 Å². The van der Waals surface area contributed by atoms with Gasteiger partial charge in [-0.3, -0.25) is 4.79 Å². The first-order chi connectivity index (χ1) is 10.6. The van der Waals surface area contributed by atoms with Crippen molar-refractivity contribution >= 4 is 22.7 Å². The zero-order valence-electron chi connectivity index (χ0n) is 12.7. The summed E-state index contributed by atoms with van der Waals surface area (Å²) in [6.07, 6.45) is 2.41. The molecule has 5 rings (SSSR count). The molecule has 3 aliphatic heterocycles. The number of hydrogen-bond acceptors (Lipinski definition) is 3. The molecule has 0 saturated carbocycles. The molecular formula is C17H21N3O2. The van der Waals surface area contributed by atoms with E-state index in [0.29, 0.717) is 5.92 Å². The first-order valence-corrected chi connectivity index (χ1v) is 7.92. The molecular weight excluding hydrogens is 278 g/mol. The van der Waals surface area contributed by atoms with Gasteiger partial charge in [0.15, 0.2) is 0 Å². The van der Waals surface area contributed by atoms with Crippen molar-refractivity contribution in [2.24, 2.45) is 12.8 Å². The van der Waals surface area contributed by atoms with Crippen molar-refractivity contribution < 1.29 is 9.90 Å². The van der Waals surface area contributed by atoms with Gasteiger partial charge in [-0.2, -0.15) is 0 Å². The Labute approximate surface area is 129 Å². The lowest BCUT2D eigenvalue weighted by Gasteiger charge is -2.41. The Bertz CT molecular complexity index is 757. The smallest absolute Gasteiger partial charge is 0.312 e. The highest BCUT2D eigenvalue weighted by Gasteiger charge is 2.35. The second-order valence-electron chi connectivity index (χ2n) is 6.46. The molecule has 0 radical (unpaired) electrons. The van der Waals surface area contributed by atoms with Gasteiger partial charge in [0.2, 0.25) is 0 Å². The van der Waals surface area contributed by atoms with Crippen molar-refractivity contribution in [2.45, 2.75) is 24.7 Å². The van der Waals surface area contributed by atoms with E-state index in [-0.39, 0.29) is 6.54 Å². The number of fused-ring (bicyclic) bond motifs is 3. The number of hydrogen-bond donors (Lipinski definition) is 2. The van der Waals surface area contributed by atoms with E-state index in [9.17, 15) is 9.90 Å². The molecule has 3 aliphatic rings. The van der Waals surface area contributed by atoms with Gasteiger partial charge in [-0.15, -0.1) is 0 Å². The van der Waals surface area contributed by atoms with Gasteiger partial charge in [0.05, 0.1) is 5.92 Å². The van der Waals surface area contributed by atoms with Crippen LogP contribution in [0.2, 0.25) is 0 Å². The van der Waals surface area contributed by atoms with E-state index in [4.69, 9.17) is 5.73 Å². The van der Waals surface area contributed by atoms with Gasteiger partial charge in [-0.25, -0.2) is 0 Å². The number of aliphatic carboxylic acids is 1. The molecule has 1 aromatic carbocycles. The van der Waals surface area contributed by atoms with Gasteiger partial charge in [0, 0.05) is 43.1 Å². The predicted octanol–water partition coefficient (Wildman–Crippen LogP) is 2.00. The van der Waals surface area contributed by atoms with Crippen LogP contribution in [-0.2, 0) is 11.8 Å². The lowest BCUT2D eigenvalue weighted by Crippen LogP contribution is -2.39. The number of aryl methyl sites for hydroxylation is 1. The number of nitrogens with zero attached hydrogens (tertiary/aromatic N) is 2. The topological polar surface area (TPSA) is 71.5 Å². The van der Waals surface area contributed by atoms with Crippen molar-refractivity contribution in [3.63, 3.8) is 0 Å². The van der Waals surface area contributed by atoms with E-state index in [2.05, 4.69) is 28.6 Å². The van der Waals surface area contributed by atoms with Crippen LogP contribution in [-0.4, -0.2) is 35.3 Å². The standard InChI is InChI=1S/C17H21N3O2/c1-19-14-3-2-11(13(9-18)17(21)22)8-12(14)15-10-4-6-20(7-5-10)16(15)19/h2-3,8,10,13H,4-7,9,18H2,1H3,(H,21,22). The van der Waals surface area contributed by atoms with Crippen LogP contribution in [0.1, 0.15) is 35.8 Å². The second-order valence-corrected chi connectivity index (χ2v) is 6.46. The maximum atomic E-state index is 11.4. The Morgan fingerprint density at radius 1 is 1.41 bits per heavy atom. The van der Waals surface area contributed by atoms with Crippen LogP contribution in [0.5, 0.6) is 0 Å². The normalized spacial score (nSPS) is 18.7. The van der Waals surface area contributed by atoms with Crippen LogP contribution in [0.25, 0.3) is 10.9 Å². The third kappa shape index (κ3) is 1.72. The Balaban J connectivity index is 1.94. The first-order valence-electron chi connectivity index (χ1n) is 7.92. The summed E-state index contributed by atoms with van der Waals surface area (Å²) in [7, 11) is 2.11. The highest BCUT2D eigenvalue weighted by molar-refractivity contribution is 5.93.